The lowest BCUT2D eigenvalue weighted by atomic mass is 9.95. The molecule has 1 atom stereocenters. The summed E-state index contributed by atoms with van der Waals surface area (Å²) in [6.07, 6.45) is 0.873. The Morgan fingerprint density at radius 1 is 1.00 bits per heavy atom. The van der Waals surface area contributed by atoms with E-state index in [0.29, 0.717) is 4.67 Å². The van der Waals surface area contributed by atoms with Gasteiger partial charge in [-0.05, 0) is 50.8 Å². The minimum absolute atomic E-state index is 0.574. The van der Waals surface area contributed by atoms with Gasteiger partial charge in [0.05, 0.1) is 6.26 Å². The summed E-state index contributed by atoms with van der Waals surface area (Å²) in [5.74, 6) is 0. The number of rotatable bonds is 2. The molecular weight excluding hydrogens is 304 g/mol. The number of hydrogen-bond donors (Lipinski definition) is 1. The van der Waals surface area contributed by atoms with Crippen molar-refractivity contribution < 1.29 is 9.52 Å². The van der Waals surface area contributed by atoms with Crippen LogP contribution in [0.4, 0.5) is 0 Å². The van der Waals surface area contributed by atoms with Gasteiger partial charge in [0, 0.05) is 5.56 Å². The van der Waals surface area contributed by atoms with Crippen molar-refractivity contribution in [1.29, 1.82) is 0 Å². The van der Waals surface area contributed by atoms with Gasteiger partial charge in [0.2, 0.25) is 0 Å². The van der Waals surface area contributed by atoms with E-state index in [0.717, 1.165) is 16.5 Å². The zero-order valence-electron chi connectivity index (χ0n) is 10.4. The standard InChI is InChI=1S/C16H13BrO2/c1-10-6-7-13(12-5-3-2-4-11(10)12)15(18)14-8-9-19-16(14)17/h2-9,15,18H,1H3. The molecular formula is C16H13BrO2. The minimum atomic E-state index is -0.696. The lowest BCUT2D eigenvalue weighted by Gasteiger charge is -2.14. The van der Waals surface area contributed by atoms with Crippen molar-refractivity contribution in [3.8, 4) is 0 Å². The Morgan fingerprint density at radius 2 is 1.74 bits per heavy atom. The lowest BCUT2D eigenvalue weighted by molar-refractivity contribution is 0.219. The molecule has 3 aromatic rings. The summed E-state index contributed by atoms with van der Waals surface area (Å²) < 4.78 is 5.77. The molecule has 0 radical (unpaired) electrons. The van der Waals surface area contributed by atoms with Crippen molar-refractivity contribution in [2.75, 3.05) is 0 Å². The monoisotopic (exact) mass is 316 g/mol. The lowest BCUT2D eigenvalue weighted by Crippen LogP contribution is -2.00. The van der Waals surface area contributed by atoms with E-state index in [1.165, 1.54) is 10.9 Å². The van der Waals surface area contributed by atoms with Crippen molar-refractivity contribution in [3.05, 3.63) is 70.1 Å². The van der Waals surface area contributed by atoms with Gasteiger partial charge in [-0.1, -0.05) is 36.4 Å². The number of aliphatic hydroxyl groups excluding tert-OH is 1. The van der Waals surface area contributed by atoms with Gasteiger partial charge in [0.25, 0.3) is 0 Å². The van der Waals surface area contributed by atoms with Crippen LogP contribution in [0.25, 0.3) is 10.8 Å². The summed E-state index contributed by atoms with van der Waals surface area (Å²) in [4.78, 5) is 0. The molecule has 0 aliphatic carbocycles. The first-order valence-electron chi connectivity index (χ1n) is 6.07. The number of benzene rings is 2. The first kappa shape index (κ1) is 12.5. The molecule has 0 bridgehead atoms. The predicted molar refractivity (Wildman–Crippen MR) is 79.2 cm³/mol. The van der Waals surface area contributed by atoms with Crippen LogP contribution in [0, 0.1) is 6.92 Å². The second kappa shape index (κ2) is 4.83. The smallest absolute Gasteiger partial charge is 0.175 e. The van der Waals surface area contributed by atoms with Gasteiger partial charge in [0.1, 0.15) is 6.10 Å². The van der Waals surface area contributed by atoms with Gasteiger partial charge in [0.15, 0.2) is 4.67 Å². The molecule has 0 saturated heterocycles. The van der Waals surface area contributed by atoms with Crippen molar-refractivity contribution in [2.24, 2.45) is 0 Å². The summed E-state index contributed by atoms with van der Waals surface area (Å²) in [5.41, 5.74) is 2.84. The Hall–Kier alpha value is -1.58. The molecule has 3 heteroatoms. The zero-order valence-corrected chi connectivity index (χ0v) is 12.0. The van der Waals surface area contributed by atoms with E-state index in [9.17, 15) is 5.11 Å². The van der Waals surface area contributed by atoms with Gasteiger partial charge in [-0.3, -0.25) is 0 Å². The van der Waals surface area contributed by atoms with E-state index in [2.05, 4.69) is 28.9 Å². The number of fused-ring (bicyclic) bond motifs is 1. The molecule has 0 aliphatic heterocycles. The highest BCUT2D eigenvalue weighted by atomic mass is 79.9. The molecule has 2 nitrogen and oxygen atoms in total. The molecule has 1 heterocycles. The van der Waals surface area contributed by atoms with Gasteiger partial charge >= 0.3 is 0 Å². The number of furan rings is 1. The third kappa shape index (κ3) is 2.09. The van der Waals surface area contributed by atoms with Crippen LogP contribution in [0.5, 0.6) is 0 Å². The average Bonchev–Trinajstić information content (AvgIpc) is 2.85. The first-order chi connectivity index (χ1) is 9.18. The number of aliphatic hydroxyl groups is 1. The number of aryl methyl sites for hydroxylation is 1. The Balaban J connectivity index is 2.21. The van der Waals surface area contributed by atoms with Crippen LogP contribution in [0.3, 0.4) is 0 Å². The number of halogens is 1. The molecule has 0 aliphatic rings. The number of hydrogen-bond acceptors (Lipinski definition) is 2. The van der Waals surface area contributed by atoms with Gasteiger partial charge in [-0.15, -0.1) is 0 Å². The Bertz CT molecular complexity index is 730. The second-order valence-corrected chi connectivity index (χ2v) is 5.29. The van der Waals surface area contributed by atoms with Crippen LogP contribution in [-0.4, -0.2) is 5.11 Å². The van der Waals surface area contributed by atoms with Crippen molar-refractivity contribution in [2.45, 2.75) is 13.0 Å². The molecule has 1 N–H and O–H groups in total. The highest BCUT2D eigenvalue weighted by Crippen LogP contribution is 2.34. The van der Waals surface area contributed by atoms with Gasteiger partial charge in [-0.2, -0.15) is 0 Å². The SMILES string of the molecule is Cc1ccc(C(O)c2ccoc2Br)c2ccccc12. The fourth-order valence-electron chi connectivity index (χ4n) is 2.38. The quantitative estimate of drug-likeness (QED) is 0.750. The molecule has 19 heavy (non-hydrogen) atoms. The molecule has 0 spiro atoms. The third-order valence-corrected chi connectivity index (χ3v) is 4.06. The van der Waals surface area contributed by atoms with E-state index in [-0.39, 0.29) is 0 Å². The molecule has 1 unspecified atom stereocenters. The van der Waals surface area contributed by atoms with E-state index in [1.54, 1.807) is 12.3 Å². The largest absolute Gasteiger partial charge is 0.457 e. The molecule has 0 saturated carbocycles. The maximum Gasteiger partial charge on any atom is 0.175 e. The zero-order chi connectivity index (χ0) is 13.4. The van der Waals surface area contributed by atoms with Crippen LogP contribution < -0.4 is 0 Å². The van der Waals surface area contributed by atoms with E-state index < -0.39 is 6.10 Å². The summed E-state index contributed by atoms with van der Waals surface area (Å²) in [6, 6.07) is 13.9. The predicted octanol–water partition coefficient (Wildman–Crippen LogP) is 4.59. The second-order valence-electron chi connectivity index (χ2n) is 4.57. The molecule has 0 fully saturated rings. The van der Waals surface area contributed by atoms with Crippen LogP contribution in [0.15, 0.2) is 57.8 Å². The normalized spacial score (nSPS) is 12.8. The van der Waals surface area contributed by atoms with E-state index in [4.69, 9.17) is 4.42 Å². The van der Waals surface area contributed by atoms with E-state index >= 15 is 0 Å². The molecule has 96 valence electrons. The average molecular weight is 317 g/mol. The van der Waals surface area contributed by atoms with Crippen molar-refractivity contribution >= 4 is 26.7 Å². The molecule has 1 aromatic heterocycles. The van der Waals surface area contributed by atoms with Crippen LogP contribution in [-0.2, 0) is 0 Å². The van der Waals surface area contributed by atoms with Crippen molar-refractivity contribution in [3.63, 3.8) is 0 Å². The summed E-state index contributed by atoms with van der Waals surface area (Å²) in [6.45, 7) is 2.08. The van der Waals surface area contributed by atoms with Gasteiger partial charge in [-0.25, -0.2) is 0 Å². The van der Waals surface area contributed by atoms with Crippen LogP contribution in [0.2, 0.25) is 0 Å². The maximum absolute atomic E-state index is 10.6. The molecule has 3 rings (SSSR count). The Kier molecular flexibility index (Phi) is 3.17. The van der Waals surface area contributed by atoms with E-state index in [1.807, 2.05) is 30.3 Å². The topological polar surface area (TPSA) is 33.4 Å². The third-order valence-electron chi connectivity index (χ3n) is 3.41. The Morgan fingerprint density at radius 3 is 2.42 bits per heavy atom. The summed E-state index contributed by atoms with van der Waals surface area (Å²) >= 11 is 3.32. The highest BCUT2D eigenvalue weighted by Gasteiger charge is 2.18. The minimum Gasteiger partial charge on any atom is -0.457 e. The van der Waals surface area contributed by atoms with Crippen LogP contribution >= 0.6 is 15.9 Å². The maximum atomic E-state index is 10.6. The van der Waals surface area contributed by atoms with Crippen LogP contribution in [0.1, 0.15) is 22.8 Å². The summed E-state index contributed by atoms with van der Waals surface area (Å²) in [7, 11) is 0. The fourth-order valence-corrected chi connectivity index (χ4v) is 2.84. The highest BCUT2D eigenvalue weighted by molar-refractivity contribution is 9.10. The Labute approximate surface area is 119 Å². The molecule has 0 amide bonds. The van der Waals surface area contributed by atoms with Crippen molar-refractivity contribution in [1.82, 2.24) is 0 Å². The first-order valence-corrected chi connectivity index (χ1v) is 6.87. The van der Waals surface area contributed by atoms with Gasteiger partial charge < -0.3 is 9.52 Å². The molecule has 2 aromatic carbocycles. The fraction of sp³-hybridized carbons (Fsp3) is 0.125. The summed E-state index contributed by atoms with van der Waals surface area (Å²) in [5, 5.41) is 12.8.